The largest absolute Gasteiger partial charge is 0.368 e. The maximum absolute atomic E-state index is 12.6. The van der Waals surface area contributed by atoms with Crippen LogP contribution in [0.4, 0.5) is 11.5 Å². The number of fused-ring (bicyclic) bond motifs is 1. The zero-order valence-corrected chi connectivity index (χ0v) is 17.8. The molecule has 0 atom stereocenters. The maximum atomic E-state index is 12.6. The summed E-state index contributed by atoms with van der Waals surface area (Å²) in [5, 5.41) is 14.7. The van der Waals surface area contributed by atoms with Crippen molar-refractivity contribution in [2.75, 3.05) is 36.0 Å². The molecule has 5 rings (SSSR count). The van der Waals surface area contributed by atoms with Crippen LogP contribution >= 0.6 is 23.2 Å². The van der Waals surface area contributed by atoms with Gasteiger partial charge < -0.3 is 15.1 Å². The van der Waals surface area contributed by atoms with Gasteiger partial charge in [-0.2, -0.15) is 0 Å². The summed E-state index contributed by atoms with van der Waals surface area (Å²) >= 11 is 12.2. The highest BCUT2D eigenvalue weighted by Gasteiger charge is 2.27. The SMILES string of the molecule is O=C(NC1CC1)c1nnc(N2CCN(c3ccc(Cl)c(Cl)c3)CC2)c2ccccc12. The Balaban J connectivity index is 1.38. The number of carbonyl (C=O) groups is 1. The van der Waals surface area contributed by atoms with Gasteiger partial charge in [0.1, 0.15) is 0 Å². The van der Waals surface area contributed by atoms with E-state index in [1.807, 2.05) is 42.5 Å². The first kappa shape index (κ1) is 19.4. The number of nitrogens with one attached hydrogen (secondary N) is 1. The fourth-order valence-corrected chi connectivity index (χ4v) is 4.12. The average Bonchev–Trinajstić information content (AvgIpc) is 3.59. The molecule has 1 aliphatic carbocycles. The monoisotopic (exact) mass is 441 g/mol. The number of rotatable bonds is 4. The van der Waals surface area contributed by atoms with E-state index in [2.05, 4.69) is 25.3 Å². The molecular weight excluding hydrogens is 421 g/mol. The second-order valence-electron chi connectivity index (χ2n) is 7.74. The highest BCUT2D eigenvalue weighted by Crippen LogP contribution is 2.30. The molecule has 30 heavy (non-hydrogen) atoms. The minimum atomic E-state index is -0.141. The summed E-state index contributed by atoms with van der Waals surface area (Å²) in [5.74, 6) is 0.680. The molecule has 1 N–H and O–H groups in total. The van der Waals surface area contributed by atoms with E-state index in [4.69, 9.17) is 23.2 Å². The number of benzene rings is 2. The summed E-state index contributed by atoms with van der Waals surface area (Å²) in [7, 11) is 0. The first-order valence-corrected chi connectivity index (χ1v) is 10.9. The molecule has 1 aromatic heterocycles. The van der Waals surface area contributed by atoms with E-state index in [1.54, 1.807) is 0 Å². The van der Waals surface area contributed by atoms with Gasteiger partial charge >= 0.3 is 0 Å². The minimum Gasteiger partial charge on any atom is -0.368 e. The predicted octanol–water partition coefficient (Wildman–Crippen LogP) is 4.16. The molecule has 2 fully saturated rings. The van der Waals surface area contributed by atoms with Gasteiger partial charge in [-0.3, -0.25) is 4.79 Å². The molecule has 6 nitrogen and oxygen atoms in total. The number of aromatic nitrogens is 2. The number of hydrogen-bond acceptors (Lipinski definition) is 5. The van der Waals surface area contributed by atoms with Gasteiger partial charge in [-0.05, 0) is 31.0 Å². The highest BCUT2D eigenvalue weighted by molar-refractivity contribution is 6.42. The Morgan fingerprint density at radius 3 is 2.30 bits per heavy atom. The molecular formula is C22H21Cl2N5O. The van der Waals surface area contributed by atoms with E-state index in [9.17, 15) is 4.79 Å². The third kappa shape index (κ3) is 3.77. The Kier molecular flexibility index (Phi) is 5.13. The molecule has 1 saturated carbocycles. The number of amides is 1. The Hall–Kier alpha value is -2.57. The number of piperazine rings is 1. The molecule has 0 radical (unpaired) electrons. The third-order valence-electron chi connectivity index (χ3n) is 5.64. The van der Waals surface area contributed by atoms with Crippen LogP contribution in [0.15, 0.2) is 42.5 Å². The van der Waals surface area contributed by atoms with Crippen LogP contribution in [0, 0.1) is 0 Å². The van der Waals surface area contributed by atoms with Crippen LogP contribution in [0.25, 0.3) is 10.8 Å². The Bertz CT molecular complexity index is 1110. The number of nitrogens with zero attached hydrogens (tertiary/aromatic N) is 4. The molecule has 3 aromatic rings. The van der Waals surface area contributed by atoms with Gasteiger partial charge in [0.25, 0.3) is 5.91 Å². The topological polar surface area (TPSA) is 61.4 Å². The fraction of sp³-hybridized carbons (Fsp3) is 0.318. The van der Waals surface area contributed by atoms with Crippen molar-refractivity contribution in [3.63, 3.8) is 0 Å². The zero-order chi connectivity index (χ0) is 20.7. The van der Waals surface area contributed by atoms with Gasteiger partial charge in [0, 0.05) is 48.7 Å². The molecule has 2 aliphatic rings. The molecule has 1 aliphatic heterocycles. The fourth-order valence-electron chi connectivity index (χ4n) is 3.83. The van der Waals surface area contributed by atoms with Gasteiger partial charge in [0.2, 0.25) is 0 Å². The van der Waals surface area contributed by atoms with Crippen molar-refractivity contribution in [1.29, 1.82) is 0 Å². The first-order chi connectivity index (χ1) is 14.6. The Morgan fingerprint density at radius 1 is 0.900 bits per heavy atom. The normalized spacial score (nSPS) is 16.7. The van der Waals surface area contributed by atoms with Crippen molar-refractivity contribution >= 4 is 51.4 Å². The third-order valence-corrected chi connectivity index (χ3v) is 6.38. The van der Waals surface area contributed by atoms with Gasteiger partial charge in [-0.15, -0.1) is 10.2 Å². The van der Waals surface area contributed by atoms with Gasteiger partial charge in [-0.1, -0.05) is 47.5 Å². The molecule has 2 aromatic carbocycles. The lowest BCUT2D eigenvalue weighted by Crippen LogP contribution is -2.47. The molecule has 0 spiro atoms. The molecule has 8 heteroatoms. The van der Waals surface area contributed by atoms with Gasteiger partial charge in [0.05, 0.1) is 10.0 Å². The summed E-state index contributed by atoms with van der Waals surface area (Å²) in [5.41, 5.74) is 1.46. The lowest BCUT2D eigenvalue weighted by atomic mass is 10.1. The van der Waals surface area contributed by atoms with Crippen molar-refractivity contribution in [3.05, 3.63) is 58.2 Å². The molecule has 154 valence electrons. The van der Waals surface area contributed by atoms with Crippen LogP contribution in [0.3, 0.4) is 0 Å². The summed E-state index contributed by atoms with van der Waals surface area (Å²) < 4.78 is 0. The van der Waals surface area contributed by atoms with Crippen LogP contribution < -0.4 is 15.1 Å². The van der Waals surface area contributed by atoms with Crippen LogP contribution in [0.2, 0.25) is 10.0 Å². The van der Waals surface area contributed by atoms with Crippen molar-refractivity contribution in [2.45, 2.75) is 18.9 Å². The van der Waals surface area contributed by atoms with Crippen LogP contribution in [0.5, 0.6) is 0 Å². The molecule has 0 unspecified atom stereocenters. The van der Waals surface area contributed by atoms with E-state index >= 15 is 0 Å². The van der Waals surface area contributed by atoms with Gasteiger partial charge in [-0.25, -0.2) is 0 Å². The Labute approximate surface area is 184 Å². The van der Waals surface area contributed by atoms with Gasteiger partial charge in [0.15, 0.2) is 11.5 Å². The number of carbonyl (C=O) groups excluding carboxylic acids is 1. The summed E-state index contributed by atoms with van der Waals surface area (Å²) in [6.45, 7) is 3.26. The van der Waals surface area contributed by atoms with Crippen molar-refractivity contribution in [2.24, 2.45) is 0 Å². The van der Waals surface area contributed by atoms with E-state index in [0.717, 1.165) is 61.3 Å². The summed E-state index contributed by atoms with van der Waals surface area (Å²) in [4.78, 5) is 17.1. The summed E-state index contributed by atoms with van der Waals surface area (Å²) in [6.07, 6.45) is 2.08. The number of hydrogen-bond donors (Lipinski definition) is 1. The predicted molar refractivity (Wildman–Crippen MR) is 121 cm³/mol. The van der Waals surface area contributed by atoms with Crippen molar-refractivity contribution in [3.8, 4) is 0 Å². The standard InChI is InChI=1S/C22H21Cl2N5O/c23-18-8-7-15(13-19(18)24)28-9-11-29(12-10-28)21-17-4-2-1-3-16(17)20(26-27-21)22(30)25-14-5-6-14/h1-4,7-8,13-14H,5-6,9-12H2,(H,25,30). The Morgan fingerprint density at radius 2 is 1.60 bits per heavy atom. The van der Waals surface area contributed by atoms with Crippen LogP contribution in [-0.4, -0.2) is 48.3 Å². The molecule has 1 amide bonds. The lowest BCUT2D eigenvalue weighted by Gasteiger charge is -2.37. The van der Waals surface area contributed by atoms with E-state index in [0.29, 0.717) is 15.7 Å². The smallest absolute Gasteiger partial charge is 0.272 e. The average molecular weight is 442 g/mol. The molecule has 1 saturated heterocycles. The van der Waals surface area contributed by atoms with E-state index in [-0.39, 0.29) is 11.9 Å². The minimum absolute atomic E-state index is 0.141. The van der Waals surface area contributed by atoms with E-state index < -0.39 is 0 Å². The van der Waals surface area contributed by atoms with Crippen LogP contribution in [-0.2, 0) is 0 Å². The van der Waals surface area contributed by atoms with E-state index in [1.165, 1.54) is 0 Å². The molecule has 0 bridgehead atoms. The quantitative estimate of drug-likeness (QED) is 0.658. The van der Waals surface area contributed by atoms with Crippen LogP contribution in [0.1, 0.15) is 23.3 Å². The summed E-state index contributed by atoms with van der Waals surface area (Å²) in [6, 6.07) is 13.9. The second-order valence-corrected chi connectivity index (χ2v) is 8.55. The van der Waals surface area contributed by atoms with Crippen molar-refractivity contribution < 1.29 is 4.79 Å². The first-order valence-electron chi connectivity index (χ1n) is 10.1. The maximum Gasteiger partial charge on any atom is 0.272 e. The zero-order valence-electron chi connectivity index (χ0n) is 16.3. The second kappa shape index (κ2) is 7.93. The molecule has 2 heterocycles. The number of halogens is 2. The lowest BCUT2D eigenvalue weighted by molar-refractivity contribution is 0.0947. The van der Waals surface area contributed by atoms with Crippen molar-refractivity contribution in [1.82, 2.24) is 15.5 Å². The highest BCUT2D eigenvalue weighted by atomic mass is 35.5. The number of anilines is 2.